The molecule has 0 aromatic heterocycles. The molecule has 1 fully saturated rings. The van der Waals surface area contributed by atoms with Crippen LogP contribution in [0.3, 0.4) is 0 Å². The third kappa shape index (κ3) is 4.96. The van der Waals surface area contributed by atoms with Gasteiger partial charge in [0.15, 0.2) is 0 Å². The van der Waals surface area contributed by atoms with Gasteiger partial charge in [0.05, 0.1) is 0 Å². The van der Waals surface area contributed by atoms with Crippen LogP contribution in [0.25, 0.3) is 0 Å². The molecule has 0 aliphatic carbocycles. The van der Waals surface area contributed by atoms with Gasteiger partial charge < -0.3 is 15.1 Å². The van der Waals surface area contributed by atoms with Crippen LogP contribution in [0, 0.1) is 17.2 Å². The predicted octanol–water partition coefficient (Wildman–Crippen LogP) is 2.66. The first-order chi connectivity index (χ1) is 12.2. The smallest absolute Gasteiger partial charge is 0.237 e. The summed E-state index contributed by atoms with van der Waals surface area (Å²) >= 11 is 0. The summed E-state index contributed by atoms with van der Waals surface area (Å²) in [6.07, 6.45) is 0.895. The highest BCUT2D eigenvalue weighted by molar-refractivity contribution is 6.04. The van der Waals surface area contributed by atoms with Gasteiger partial charge in [-0.25, -0.2) is 4.39 Å². The number of carbonyl (C=O) groups is 2. The van der Waals surface area contributed by atoms with Gasteiger partial charge in [-0.05, 0) is 50.5 Å². The van der Waals surface area contributed by atoms with E-state index in [0.29, 0.717) is 38.6 Å². The fourth-order valence-corrected chi connectivity index (χ4v) is 3.01. The molecule has 0 radical (unpaired) electrons. The number of nitrogens with one attached hydrogen (secondary N) is 1. The van der Waals surface area contributed by atoms with Gasteiger partial charge in [-0.1, -0.05) is 13.8 Å². The van der Waals surface area contributed by atoms with Gasteiger partial charge in [-0.15, -0.1) is 0 Å². The number of rotatable bonds is 6. The summed E-state index contributed by atoms with van der Waals surface area (Å²) in [5.41, 5.74) is -0.126. The van der Waals surface area contributed by atoms with E-state index in [9.17, 15) is 14.0 Å². The van der Waals surface area contributed by atoms with Crippen molar-refractivity contribution in [2.45, 2.75) is 34.1 Å². The van der Waals surface area contributed by atoms with Gasteiger partial charge >= 0.3 is 0 Å². The molecule has 144 valence electrons. The maximum atomic E-state index is 13.1. The summed E-state index contributed by atoms with van der Waals surface area (Å²) in [5.74, 6) is -0.108. The van der Waals surface area contributed by atoms with E-state index in [1.807, 2.05) is 0 Å². The second-order valence-electron chi connectivity index (χ2n) is 7.82. The Balaban J connectivity index is 1.89. The van der Waals surface area contributed by atoms with Crippen LogP contribution < -0.4 is 10.2 Å². The molecule has 6 heteroatoms. The summed E-state index contributed by atoms with van der Waals surface area (Å²) in [6, 6.07) is 6.38. The van der Waals surface area contributed by atoms with Crippen molar-refractivity contribution in [3.05, 3.63) is 30.1 Å². The lowest BCUT2D eigenvalue weighted by Gasteiger charge is -2.39. The first-order valence-electron chi connectivity index (χ1n) is 9.30. The van der Waals surface area contributed by atoms with Crippen molar-refractivity contribution in [2.75, 3.05) is 37.6 Å². The molecule has 1 aliphatic heterocycles. The van der Waals surface area contributed by atoms with Crippen LogP contribution in [0.1, 0.15) is 34.1 Å². The Labute approximate surface area is 155 Å². The molecule has 1 N–H and O–H groups in total. The lowest BCUT2D eigenvalue weighted by Crippen LogP contribution is -2.55. The van der Waals surface area contributed by atoms with E-state index in [4.69, 9.17) is 0 Å². The van der Waals surface area contributed by atoms with Crippen molar-refractivity contribution in [1.82, 2.24) is 10.2 Å². The largest absolute Gasteiger partial charge is 0.368 e. The Morgan fingerprint density at radius 3 is 2.23 bits per heavy atom. The molecule has 0 unspecified atom stereocenters. The monoisotopic (exact) mass is 363 g/mol. The Hall–Kier alpha value is -2.11. The molecule has 2 rings (SSSR count). The molecule has 0 atom stereocenters. The Kier molecular flexibility index (Phi) is 6.62. The zero-order valence-corrected chi connectivity index (χ0v) is 16.2. The van der Waals surface area contributed by atoms with Crippen LogP contribution in [-0.2, 0) is 9.59 Å². The van der Waals surface area contributed by atoms with Crippen LogP contribution >= 0.6 is 0 Å². The van der Waals surface area contributed by atoms with Gasteiger partial charge in [-0.3, -0.25) is 9.59 Å². The second kappa shape index (κ2) is 8.52. The first kappa shape index (κ1) is 20.2. The average Bonchev–Trinajstić information content (AvgIpc) is 2.61. The second-order valence-corrected chi connectivity index (χ2v) is 7.82. The normalized spacial score (nSPS) is 15.3. The van der Waals surface area contributed by atoms with E-state index in [2.05, 4.69) is 24.1 Å². The SMILES string of the molecule is CC(C)CCNC(=O)C(C)(C)C(=O)N1CCN(c2ccc(F)cc2)CC1. The van der Waals surface area contributed by atoms with Gasteiger partial charge in [-0.2, -0.15) is 0 Å². The fourth-order valence-electron chi connectivity index (χ4n) is 3.01. The number of nitrogens with zero attached hydrogens (tertiary/aromatic N) is 2. The van der Waals surface area contributed by atoms with Crippen LogP contribution in [0.15, 0.2) is 24.3 Å². The zero-order chi connectivity index (χ0) is 19.3. The third-order valence-corrected chi connectivity index (χ3v) is 4.87. The Bertz CT molecular complexity index is 620. The minimum Gasteiger partial charge on any atom is -0.368 e. The molecule has 5 nitrogen and oxygen atoms in total. The maximum absolute atomic E-state index is 13.1. The number of piperazine rings is 1. The molecular formula is C20H30FN3O2. The van der Waals surface area contributed by atoms with Crippen molar-refractivity contribution >= 4 is 17.5 Å². The number of carbonyl (C=O) groups excluding carboxylic acids is 2. The van der Waals surface area contributed by atoms with Crippen molar-refractivity contribution in [1.29, 1.82) is 0 Å². The summed E-state index contributed by atoms with van der Waals surface area (Å²) in [7, 11) is 0. The molecule has 1 aromatic rings. The van der Waals surface area contributed by atoms with Gasteiger partial charge in [0.1, 0.15) is 11.2 Å². The standard InChI is InChI=1S/C20H30FN3O2/c1-15(2)9-10-22-18(25)20(3,4)19(26)24-13-11-23(12-14-24)17-7-5-16(21)6-8-17/h5-8,15H,9-14H2,1-4H3,(H,22,25). The highest BCUT2D eigenvalue weighted by Gasteiger charge is 2.39. The number of hydrogen-bond acceptors (Lipinski definition) is 3. The molecule has 1 aromatic carbocycles. The lowest BCUT2D eigenvalue weighted by molar-refractivity contribution is -0.148. The zero-order valence-electron chi connectivity index (χ0n) is 16.2. The molecule has 0 saturated carbocycles. The van der Waals surface area contributed by atoms with E-state index in [-0.39, 0.29) is 17.6 Å². The summed E-state index contributed by atoms with van der Waals surface area (Å²) < 4.78 is 13.1. The molecular weight excluding hydrogens is 333 g/mol. The minimum absolute atomic E-state index is 0.140. The molecule has 1 saturated heterocycles. The number of anilines is 1. The highest BCUT2D eigenvalue weighted by atomic mass is 19.1. The van der Waals surface area contributed by atoms with Crippen LogP contribution in [0.5, 0.6) is 0 Å². The fraction of sp³-hybridized carbons (Fsp3) is 0.600. The predicted molar refractivity (Wildman–Crippen MR) is 101 cm³/mol. The van der Waals surface area contributed by atoms with Crippen LogP contribution in [-0.4, -0.2) is 49.4 Å². The number of hydrogen-bond donors (Lipinski definition) is 1. The minimum atomic E-state index is -1.07. The summed E-state index contributed by atoms with van der Waals surface area (Å²) in [4.78, 5) is 29.2. The summed E-state index contributed by atoms with van der Waals surface area (Å²) in [6.45, 7) is 10.6. The van der Waals surface area contributed by atoms with Crippen molar-refractivity contribution < 1.29 is 14.0 Å². The van der Waals surface area contributed by atoms with E-state index in [1.165, 1.54) is 12.1 Å². The van der Waals surface area contributed by atoms with Gasteiger partial charge in [0.2, 0.25) is 11.8 Å². The molecule has 0 bridgehead atoms. The molecule has 1 aliphatic rings. The van der Waals surface area contributed by atoms with Gasteiger partial charge in [0.25, 0.3) is 0 Å². The van der Waals surface area contributed by atoms with Crippen molar-refractivity contribution in [3.63, 3.8) is 0 Å². The van der Waals surface area contributed by atoms with Crippen LogP contribution in [0.4, 0.5) is 10.1 Å². The van der Waals surface area contributed by atoms with E-state index in [1.54, 1.807) is 30.9 Å². The molecule has 2 amide bonds. The van der Waals surface area contributed by atoms with Gasteiger partial charge in [0, 0.05) is 38.4 Å². The third-order valence-electron chi connectivity index (χ3n) is 4.87. The maximum Gasteiger partial charge on any atom is 0.237 e. The summed E-state index contributed by atoms with van der Waals surface area (Å²) in [5, 5.41) is 2.88. The number of amides is 2. The Morgan fingerprint density at radius 2 is 1.69 bits per heavy atom. The molecule has 0 spiro atoms. The number of benzene rings is 1. The first-order valence-corrected chi connectivity index (χ1v) is 9.30. The topological polar surface area (TPSA) is 52.7 Å². The average molecular weight is 363 g/mol. The molecule has 1 heterocycles. The Morgan fingerprint density at radius 1 is 1.12 bits per heavy atom. The highest BCUT2D eigenvalue weighted by Crippen LogP contribution is 2.22. The van der Waals surface area contributed by atoms with E-state index < -0.39 is 5.41 Å². The van der Waals surface area contributed by atoms with Crippen LogP contribution in [0.2, 0.25) is 0 Å². The van der Waals surface area contributed by atoms with Crippen molar-refractivity contribution in [2.24, 2.45) is 11.3 Å². The van der Waals surface area contributed by atoms with Crippen molar-refractivity contribution in [3.8, 4) is 0 Å². The number of halogens is 1. The lowest BCUT2D eigenvalue weighted by atomic mass is 9.89. The molecule has 26 heavy (non-hydrogen) atoms. The van der Waals surface area contributed by atoms with E-state index >= 15 is 0 Å². The quantitative estimate of drug-likeness (QED) is 0.791. The van der Waals surface area contributed by atoms with E-state index in [0.717, 1.165) is 12.1 Å².